The van der Waals surface area contributed by atoms with E-state index < -0.39 is 12.0 Å². The van der Waals surface area contributed by atoms with Crippen molar-refractivity contribution in [3.8, 4) is 0 Å². The SMILES string of the molecule is CCC(C(=O)O)n1cnc(C)c1C. The average Bonchev–Trinajstić information content (AvgIpc) is 2.37. The first-order valence-electron chi connectivity index (χ1n) is 4.30. The lowest BCUT2D eigenvalue weighted by atomic mass is 10.2. The molecule has 0 aromatic carbocycles. The van der Waals surface area contributed by atoms with Gasteiger partial charge in [-0.1, -0.05) is 6.92 Å². The Morgan fingerprint density at radius 3 is 2.62 bits per heavy atom. The molecule has 1 aromatic heterocycles. The van der Waals surface area contributed by atoms with E-state index in [0.29, 0.717) is 6.42 Å². The van der Waals surface area contributed by atoms with Crippen molar-refractivity contribution in [2.75, 3.05) is 0 Å². The van der Waals surface area contributed by atoms with E-state index in [1.807, 2.05) is 20.8 Å². The van der Waals surface area contributed by atoms with E-state index in [2.05, 4.69) is 4.98 Å². The summed E-state index contributed by atoms with van der Waals surface area (Å²) in [7, 11) is 0. The van der Waals surface area contributed by atoms with Gasteiger partial charge in [0.15, 0.2) is 0 Å². The van der Waals surface area contributed by atoms with Crippen LogP contribution in [0.15, 0.2) is 6.33 Å². The van der Waals surface area contributed by atoms with Crippen LogP contribution in [0.4, 0.5) is 0 Å². The van der Waals surface area contributed by atoms with Gasteiger partial charge in [0.1, 0.15) is 6.04 Å². The highest BCUT2D eigenvalue weighted by Crippen LogP contribution is 2.16. The zero-order valence-corrected chi connectivity index (χ0v) is 8.11. The van der Waals surface area contributed by atoms with Crippen molar-refractivity contribution in [3.05, 3.63) is 17.7 Å². The normalized spacial score (nSPS) is 12.8. The fourth-order valence-electron chi connectivity index (χ4n) is 1.32. The molecule has 4 nitrogen and oxygen atoms in total. The standard InChI is InChI=1S/C9H14N2O2/c1-4-8(9(12)13)11-5-10-6(2)7(11)3/h5,8H,4H2,1-3H3,(H,12,13). The number of rotatable bonds is 3. The molecule has 0 saturated carbocycles. The molecule has 0 fully saturated rings. The molecule has 0 saturated heterocycles. The molecule has 1 heterocycles. The number of carbonyl (C=O) groups is 1. The predicted molar refractivity (Wildman–Crippen MR) is 48.7 cm³/mol. The van der Waals surface area contributed by atoms with E-state index in [-0.39, 0.29) is 0 Å². The van der Waals surface area contributed by atoms with Gasteiger partial charge in [0.2, 0.25) is 0 Å². The van der Waals surface area contributed by atoms with Crippen molar-refractivity contribution >= 4 is 5.97 Å². The van der Waals surface area contributed by atoms with Gasteiger partial charge in [0.05, 0.1) is 12.0 Å². The van der Waals surface area contributed by atoms with E-state index in [4.69, 9.17) is 5.11 Å². The van der Waals surface area contributed by atoms with Gasteiger partial charge in [-0.3, -0.25) is 0 Å². The summed E-state index contributed by atoms with van der Waals surface area (Å²) in [6.07, 6.45) is 2.17. The van der Waals surface area contributed by atoms with E-state index in [0.717, 1.165) is 11.4 Å². The Balaban J connectivity index is 3.05. The zero-order valence-electron chi connectivity index (χ0n) is 8.11. The van der Waals surface area contributed by atoms with Gasteiger partial charge in [-0.2, -0.15) is 0 Å². The van der Waals surface area contributed by atoms with Crippen LogP contribution < -0.4 is 0 Å². The zero-order chi connectivity index (χ0) is 10.0. The maximum Gasteiger partial charge on any atom is 0.326 e. The summed E-state index contributed by atoms with van der Waals surface area (Å²) in [5.74, 6) is -0.803. The second-order valence-corrected chi connectivity index (χ2v) is 3.08. The van der Waals surface area contributed by atoms with E-state index in [9.17, 15) is 4.79 Å². The minimum atomic E-state index is -0.803. The summed E-state index contributed by atoms with van der Waals surface area (Å²) >= 11 is 0. The number of aryl methyl sites for hydroxylation is 1. The first kappa shape index (κ1) is 9.77. The maximum atomic E-state index is 10.8. The van der Waals surface area contributed by atoms with E-state index >= 15 is 0 Å². The Morgan fingerprint density at radius 1 is 1.69 bits per heavy atom. The molecule has 0 aliphatic carbocycles. The quantitative estimate of drug-likeness (QED) is 0.771. The van der Waals surface area contributed by atoms with Gasteiger partial charge >= 0.3 is 5.97 Å². The van der Waals surface area contributed by atoms with Crippen molar-refractivity contribution in [1.82, 2.24) is 9.55 Å². The number of hydrogen-bond acceptors (Lipinski definition) is 2. The average molecular weight is 182 g/mol. The van der Waals surface area contributed by atoms with Crippen LogP contribution in [0.25, 0.3) is 0 Å². The predicted octanol–water partition coefficient (Wildman–Crippen LogP) is 1.54. The van der Waals surface area contributed by atoms with E-state index in [1.54, 1.807) is 10.9 Å². The maximum absolute atomic E-state index is 10.8. The third-order valence-electron chi connectivity index (χ3n) is 2.29. The van der Waals surface area contributed by atoms with Gasteiger partial charge in [0, 0.05) is 5.69 Å². The molecule has 72 valence electrons. The Morgan fingerprint density at radius 2 is 2.31 bits per heavy atom. The van der Waals surface area contributed by atoms with Crippen molar-refractivity contribution in [2.45, 2.75) is 33.2 Å². The molecule has 4 heteroatoms. The number of carboxylic acids is 1. The number of carboxylic acid groups (broad SMARTS) is 1. The highest BCUT2D eigenvalue weighted by atomic mass is 16.4. The minimum absolute atomic E-state index is 0.485. The smallest absolute Gasteiger partial charge is 0.326 e. The molecular weight excluding hydrogens is 168 g/mol. The van der Waals surface area contributed by atoms with Crippen LogP contribution in [-0.4, -0.2) is 20.6 Å². The largest absolute Gasteiger partial charge is 0.480 e. The summed E-state index contributed by atoms with van der Waals surface area (Å²) in [4.78, 5) is 14.9. The number of aliphatic carboxylic acids is 1. The van der Waals surface area contributed by atoms with Crippen molar-refractivity contribution in [2.24, 2.45) is 0 Å². The number of hydrogen-bond donors (Lipinski definition) is 1. The fraction of sp³-hybridized carbons (Fsp3) is 0.556. The van der Waals surface area contributed by atoms with E-state index in [1.165, 1.54) is 0 Å². The van der Waals surface area contributed by atoms with Crippen LogP contribution >= 0.6 is 0 Å². The minimum Gasteiger partial charge on any atom is -0.480 e. The molecule has 1 unspecified atom stereocenters. The van der Waals surface area contributed by atoms with Crippen molar-refractivity contribution in [3.63, 3.8) is 0 Å². The highest BCUT2D eigenvalue weighted by molar-refractivity contribution is 5.71. The monoisotopic (exact) mass is 182 g/mol. The van der Waals surface area contributed by atoms with Crippen LogP contribution in [0.2, 0.25) is 0 Å². The third-order valence-corrected chi connectivity index (χ3v) is 2.29. The summed E-state index contributed by atoms with van der Waals surface area (Å²) in [5.41, 5.74) is 1.81. The Bertz CT molecular complexity index is 317. The van der Waals surface area contributed by atoms with Crippen LogP contribution in [0.3, 0.4) is 0 Å². The molecule has 0 aliphatic rings. The van der Waals surface area contributed by atoms with Crippen LogP contribution in [0.1, 0.15) is 30.8 Å². The summed E-state index contributed by atoms with van der Waals surface area (Å²) < 4.78 is 1.71. The summed E-state index contributed by atoms with van der Waals surface area (Å²) in [6, 6.07) is -0.485. The number of nitrogens with zero attached hydrogens (tertiary/aromatic N) is 2. The Hall–Kier alpha value is -1.32. The molecule has 0 amide bonds. The van der Waals surface area contributed by atoms with Crippen LogP contribution in [0.5, 0.6) is 0 Å². The molecule has 0 aliphatic heterocycles. The molecule has 0 spiro atoms. The molecule has 13 heavy (non-hydrogen) atoms. The lowest BCUT2D eigenvalue weighted by Crippen LogP contribution is -2.18. The van der Waals surface area contributed by atoms with Gasteiger partial charge in [-0.05, 0) is 20.3 Å². The van der Waals surface area contributed by atoms with Gasteiger partial charge in [-0.15, -0.1) is 0 Å². The van der Waals surface area contributed by atoms with Crippen LogP contribution in [0, 0.1) is 13.8 Å². The summed E-state index contributed by atoms with van der Waals surface area (Å²) in [5, 5.41) is 8.91. The Kier molecular flexibility index (Phi) is 2.70. The Labute approximate surface area is 77.2 Å². The van der Waals surface area contributed by atoms with Gasteiger partial charge < -0.3 is 9.67 Å². The molecule has 1 N–H and O–H groups in total. The molecule has 0 radical (unpaired) electrons. The molecule has 1 atom stereocenters. The number of imidazole rings is 1. The first-order chi connectivity index (χ1) is 6.07. The molecule has 1 aromatic rings. The first-order valence-corrected chi connectivity index (χ1v) is 4.30. The fourth-order valence-corrected chi connectivity index (χ4v) is 1.32. The second kappa shape index (κ2) is 3.60. The second-order valence-electron chi connectivity index (χ2n) is 3.08. The lowest BCUT2D eigenvalue weighted by molar-refractivity contribution is -0.141. The van der Waals surface area contributed by atoms with Crippen LogP contribution in [-0.2, 0) is 4.79 Å². The highest BCUT2D eigenvalue weighted by Gasteiger charge is 2.18. The topological polar surface area (TPSA) is 55.1 Å². The lowest BCUT2D eigenvalue weighted by Gasteiger charge is -2.13. The van der Waals surface area contributed by atoms with Crippen molar-refractivity contribution in [1.29, 1.82) is 0 Å². The number of aromatic nitrogens is 2. The molecule has 0 bridgehead atoms. The molecule has 1 rings (SSSR count). The van der Waals surface area contributed by atoms with Gasteiger partial charge in [0.25, 0.3) is 0 Å². The summed E-state index contributed by atoms with van der Waals surface area (Å²) in [6.45, 7) is 5.61. The van der Waals surface area contributed by atoms with Crippen molar-refractivity contribution < 1.29 is 9.90 Å². The molecular formula is C9H14N2O2. The van der Waals surface area contributed by atoms with Gasteiger partial charge in [-0.25, -0.2) is 9.78 Å². The third kappa shape index (κ3) is 1.71.